The van der Waals surface area contributed by atoms with E-state index in [1.165, 1.54) is 6.07 Å². The Hall–Kier alpha value is -2.28. The van der Waals surface area contributed by atoms with Crippen LogP contribution in [0.2, 0.25) is 0 Å². The van der Waals surface area contributed by atoms with Crippen molar-refractivity contribution in [1.29, 1.82) is 0 Å². The molecule has 2 amide bonds. The number of nitrogens with zero attached hydrogens (tertiary/aromatic N) is 3. The summed E-state index contributed by atoms with van der Waals surface area (Å²) in [7, 11) is 4.02. The lowest BCUT2D eigenvalue weighted by Crippen LogP contribution is -2.56. The molecule has 0 saturated carbocycles. The summed E-state index contributed by atoms with van der Waals surface area (Å²) < 4.78 is 5.52. The Balaban J connectivity index is 1.58. The number of phenols is 1. The van der Waals surface area contributed by atoms with Gasteiger partial charge >= 0.3 is 0 Å². The highest BCUT2D eigenvalue weighted by molar-refractivity contribution is 5.79. The molecule has 1 spiro atoms. The fourth-order valence-corrected chi connectivity index (χ4v) is 4.19. The first-order valence-corrected chi connectivity index (χ1v) is 10.00. The van der Waals surface area contributed by atoms with E-state index in [0.717, 1.165) is 45.4 Å². The molecule has 2 aliphatic rings. The minimum Gasteiger partial charge on any atom is -0.504 e. The smallest absolute Gasteiger partial charge is 0.260 e. The SMILES string of the molecule is CN(C)CCN1C[C@]2(CCCN(C(=O)COc3ccccc3O)C2)CCC1=O. The molecule has 154 valence electrons. The van der Waals surface area contributed by atoms with Crippen molar-refractivity contribution in [3.05, 3.63) is 24.3 Å². The van der Waals surface area contributed by atoms with Crippen LogP contribution in [0.1, 0.15) is 25.7 Å². The van der Waals surface area contributed by atoms with Crippen LogP contribution in [0.3, 0.4) is 0 Å². The number of hydrogen-bond acceptors (Lipinski definition) is 5. The van der Waals surface area contributed by atoms with E-state index in [0.29, 0.717) is 18.7 Å². The zero-order valence-corrected chi connectivity index (χ0v) is 16.9. The van der Waals surface area contributed by atoms with Crippen molar-refractivity contribution in [3.63, 3.8) is 0 Å². The van der Waals surface area contributed by atoms with E-state index in [2.05, 4.69) is 4.90 Å². The average molecular weight is 389 g/mol. The highest BCUT2D eigenvalue weighted by Gasteiger charge is 2.42. The summed E-state index contributed by atoms with van der Waals surface area (Å²) in [5.41, 5.74) is -0.0109. The van der Waals surface area contributed by atoms with Crippen LogP contribution >= 0.6 is 0 Å². The lowest BCUT2D eigenvalue weighted by molar-refractivity contribution is -0.144. The molecule has 0 unspecified atom stereocenters. The van der Waals surface area contributed by atoms with Gasteiger partial charge in [-0.1, -0.05) is 12.1 Å². The van der Waals surface area contributed by atoms with Gasteiger partial charge in [-0.15, -0.1) is 0 Å². The van der Waals surface area contributed by atoms with E-state index in [-0.39, 0.29) is 29.6 Å². The third-order valence-corrected chi connectivity index (χ3v) is 5.80. The maximum atomic E-state index is 12.7. The summed E-state index contributed by atoms with van der Waals surface area (Å²) >= 11 is 0. The number of hydrogen-bond donors (Lipinski definition) is 1. The Labute approximate surface area is 166 Å². The second-order valence-electron chi connectivity index (χ2n) is 8.29. The first kappa shape index (κ1) is 20.5. The van der Waals surface area contributed by atoms with Crippen LogP contribution in [0.15, 0.2) is 24.3 Å². The predicted molar refractivity (Wildman–Crippen MR) is 106 cm³/mol. The number of piperidine rings is 2. The van der Waals surface area contributed by atoms with Gasteiger partial charge in [0.05, 0.1) is 0 Å². The molecule has 3 rings (SSSR count). The lowest BCUT2D eigenvalue weighted by Gasteiger charge is -2.48. The van der Waals surface area contributed by atoms with Crippen molar-refractivity contribution in [1.82, 2.24) is 14.7 Å². The van der Waals surface area contributed by atoms with Gasteiger partial charge < -0.3 is 24.5 Å². The summed E-state index contributed by atoms with van der Waals surface area (Å²) in [6.45, 7) is 3.61. The number of amides is 2. The summed E-state index contributed by atoms with van der Waals surface area (Å²) in [6, 6.07) is 6.66. The van der Waals surface area contributed by atoms with Crippen LogP contribution in [0.25, 0.3) is 0 Å². The molecule has 7 heteroatoms. The number of ether oxygens (including phenoxy) is 1. The number of aromatic hydroxyl groups is 1. The molecule has 0 bridgehead atoms. The van der Waals surface area contributed by atoms with E-state index in [9.17, 15) is 14.7 Å². The Morgan fingerprint density at radius 1 is 1.25 bits per heavy atom. The third-order valence-electron chi connectivity index (χ3n) is 5.80. The van der Waals surface area contributed by atoms with Crippen LogP contribution in [-0.4, -0.2) is 85.0 Å². The van der Waals surface area contributed by atoms with Crippen molar-refractivity contribution in [2.24, 2.45) is 5.41 Å². The molecular formula is C21H31N3O4. The quantitative estimate of drug-likeness (QED) is 0.799. The number of benzene rings is 1. The number of carbonyl (C=O) groups excluding carboxylic acids is 2. The monoisotopic (exact) mass is 389 g/mol. The minimum absolute atomic E-state index is 0.0109. The Bertz CT molecular complexity index is 709. The van der Waals surface area contributed by atoms with Gasteiger partial charge in [0.2, 0.25) is 5.91 Å². The van der Waals surface area contributed by atoms with Crippen LogP contribution in [0.5, 0.6) is 11.5 Å². The molecule has 2 heterocycles. The largest absolute Gasteiger partial charge is 0.504 e. The Morgan fingerprint density at radius 3 is 2.79 bits per heavy atom. The summed E-state index contributed by atoms with van der Waals surface area (Å²) in [4.78, 5) is 30.9. The number of rotatable bonds is 6. The highest BCUT2D eigenvalue weighted by atomic mass is 16.5. The molecule has 0 aliphatic carbocycles. The normalized spacial score (nSPS) is 22.8. The summed E-state index contributed by atoms with van der Waals surface area (Å²) in [6.07, 6.45) is 3.39. The second kappa shape index (κ2) is 8.82. The van der Waals surface area contributed by atoms with E-state index in [1.807, 2.05) is 23.9 Å². The Morgan fingerprint density at radius 2 is 2.04 bits per heavy atom. The van der Waals surface area contributed by atoms with E-state index >= 15 is 0 Å². The first-order chi connectivity index (χ1) is 13.4. The molecule has 2 aliphatic heterocycles. The molecular weight excluding hydrogens is 358 g/mol. The summed E-state index contributed by atoms with van der Waals surface area (Å²) in [5.74, 6) is 0.506. The van der Waals surface area contributed by atoms with Crippen LogP contribution in [0.4, 0.5) is 0 Å². The van der Waals surface area contributed by atoms with Crippen LogP contribution in [0, 0.1) is 5.41 Å². The molecule has 1 atom stereocenters. The molecule has 2 saturated heterocycles. The number of likely N-dealkylation sites (tertiary alicyclic amines) is 2. The summed E-state index contributed by atoms with van der Waals surface area (Å²) in [5, 5.41) is 9.79. The average Bonchev–Trinajstić information content (AvgIpc) is 2.68. The van der Waals surface area contributed by atoms with Gasteiger partial charge in [0.15, 0.2) is 18.1 Å². The standard InChI is InChI=1S/C21H31N3O4/c1-22(2)12-13-24-16-21(10-8-19(24)26)9-5-11-23(15-21)20(27)14-28-18-7-4-3-6-17(18)25/h3-4,6-7,25H,5,8-16H2,1-2H3/t21-/m1/s1. The van der Waals surface area contributed by atoms with E-state index in [4.69, 9.17) is 4.74 Å². The van der Waals surface area contributed by atoms with Crippen molar-refractivity contribution >= 4 is 11.8 Å². The first-order valence-electron chi connectivity index (χ1n) is 10.00. The molecule has 1 N–H and O–H groups in total. The van der Waals surface area contributed by atoms with Crippen molar-refractivity contribution < 1.29 is 19.4 Å². The van der Waals surface area contributed by atoms with Gasteiger partial charge in [0.1, 0.15) is 0 Å². The zero-order chi connectivity index (χ0) is 20.1. The Kier molecular flexibility index (Phi) is 6.44. The molecule has 7 nitrogen and oxygen atoms in total. The van der Waals surface area contributed by atoms with Crippen molar-refractivity contribution in [2.75, 3.05) is 53.4 Å². The van der Waals surface area contributed by atoms with Crippen molar-refractivity contribution in [3.8, 4) is 11.5 Å². The second-order valence-corrected chi connectivity index (χ2v) is 8.29. The fourth-order valence-electron chi connectivity index (χ4n) is 4.19. The molecule has 1 aromatic carbocycles. The number of para-hydroxylation sites is 2. The topological polar surface area (TPSA) is 73.3 Å². The van der Waals surface area contributed by atoms with Crippen LogP contribution < -0.4 is 4.74 Å². The van der Waals surface area contributed by atoms with Gasteiger partial charge in [-0.05, 0) is 45.5 Å². The molecule has 0 aromatic heterocycles. The predicted octanol–water partition coefficient (Wildman–Crippen LogP) is 1.56. The molecule has 2 fully saturated rings. The third kappa shape index (κ3) is 4.95. The fraction of sp³-hybridized carbons (Fsp3) is 0.619. The molecule has 28 heavy (non-hydrogen) atoms. The lowest BCUT2D eigenvalue weighted by atomic mass is 9.73. The number of likely N-dealkylation sites (N-methyl/N-ethyl adjacent to an activating group) is 1. The van der Waals surface area contributed by atoms with E-state index < -0.39 is 0 Å². The van der Waals surface area contributed by atoms with E-state index in [1.54, 1.807) is 18.2 Å². The number of phenolic OH excluding ortho intramolecular Hbond substituents is 1. The maximum absolute atomic E-state index is 12.7. The van der Waals surface area contributed by atoms with Gasteiger partial charge in [-0.3, -0.25) is 9.59 Å². The van der Waals surface area contributed by atoms with Crippen molar-refractivity contribution in [2.45, 2.75) is 25.7 Å². The number of carbonyl (C=O) groups is 2. The molecule has 0 radical (unpaired) electrons. The van der Waals surface area contributed by atoms with Gasteiger partial charge in [-0.2, -0.15) is 0 Å². The molecule has 1 aromatic rings. The van der Waals surface area contributed by atoms with Crippen LogP contribution in [-0.2, 0) is 9.59 Å². The maximum Gasteiger partial charge on any atom is 0.260 e. The highest BCUT2D eigenvalue weighted by Crippen LogP contribution is 2.39. The van der Waals surface area contributed by atoms with Gasteiger partial charge in [0, 0.05) is 44.6 Å². The zero-order valence-electron chi connectivity index (χ0n) is 16.9. The van der Waals surface area contributed by atoms with Gasteiger partial charge in [0.25, 0.3) is 5.91 Å². The minimum atomic E-state index is -0.0864. The van der Waals surface area contributed by atoms with Gasteiger partial charge in [-0.25, -0.2) is 0 Å².